The van der Waals surface area contributed by atoms with E-state index in [0.29, 0.717) is 6.54 Å². The zero-order chi connectivity index (χ0) is 14.8. The number of fused-ring (bicyclic) bond motifs is 1. The predicted molar refractivity (Wildman–Crippen MR) is 78.8 cm³/mol. The van der Waals surface area contributed by atoms with Crippen LogP contribution < -0.4 is 4.90 Å². The summed E-state index contributed by atoms with van der Waals surface area (Å²) in [6.45, 7) is 2.74. The molecule has 110 valence electrons. The van der Waals surface area contributed by atoms with Gasteiger partial charge in [0.15, 0.2) is 5.82 Å². The molecular formula is C15H19N5O. The maximum atomic E-state index is 12.7. The number of amides is 1. The second kappa shape index (κ2) is 5.63. The van der Waals surface area contributed by atoms with E-state index in [-0.39, 0.29) is 11.8 Å². The fourth-order valence-corrected chi connectivity index (χ4v) is 2.79. The lowest BCUT2D eigenvalue weighted by atomic mass is 9.98. The maximum absolute atomic E-state index is 12.7. The van der Waals surface area contributed by atoms with Crippen molar-refractivity contribution in [2.75, 3.05) is 11.9 Å². The highest BCUT2D eigenvalue weighted by Crippen LogP contribution is 2.23. The van der Waals surface area contributed by atoms with Gasteiger partial charge in [-0.1, -0.05) is 12.1 Å². The van der Waals surface area contributed by atoms with Crippen LogP contribution >= 0.6 is 0 Å². The van der Waals surface area contributed by atoms with Crippen LogP contribution in [0.5, 0.6) is 0 Å². The Bertz CT molecular complexity index is 629. The summed E-state index contributed by atoms with van der Waals surface area (Å²) in [5.41, 5.74) is 2.10. The van der Waals surface area contributed by atoms with Crippen LogP contribution in [0.15, 0.2) is 24.3 Å². The SMILES string of the molecule is Cc1cccc(N(C)C(=O)[C@H]2CCc3nnnn3CC2)c1. The molecule has 1 aliphatic rings. The lowest BCUT2D eigenvalue weighted by Gasteiger charge is -2.23. The first kappa shape index (κ1) is 13.7. The average molecular weight is 285 g/mol. The van der Waals surface area contributed by atoms with Crippen molar-refractivity contribution in [1.29, 1.82) is 0 Å². The number of hydrogen-bond donors (Lipinski definition) is 0. The van der Waals surface area contributed by atoms with Crippen molar-refractivity contribution < 1.29 is 4.79 Å². The number of hydrogen-bond acceptors (Lipinski definition) is 4. The van der Waals surface area contributed by atoms with Gasteiger partial charge in [-0.05, 0) is 47.9 Å². The molecule has 1 aliphatic heterocycles. The van der Waals surface area contributed by atoms with Crippen LogP contribution in [0, 0.1) is 12.8 Å². The number of carbonyl (C=O) groups is 1. The molecule has 0 saturated heterocycles. The van der Waals surface area contributed by atoms with Gasteiger partial charge in [0, 0.05) is 31.6 Å². The number of nitrogens with zero attached hydrogens (tertiary/aromatic N) is 5. The summed E-state index contributed by atoms with van der Waals surface area (Å²) in [4.78, 5) is 14.5. The number of aryl methyl sites for hydroxylation is 3. The van der Waals surface area contributed by atoms with Gasteiger partial charge in [-0.2, -0.15) is 0 Å². The van der Waals surface area contributed by atoms with E-state index in [4.69, 9.17) is 0 Å². The van der Waals surface area contributed by atoms with Crippen molar-refractivity contribution in [3.8, 4) is 0 Å². The van der Waals surface area contributed by atoms with Crippen LogP contribution in [0.1, 0.15) is 24.2 Å². The largest absolute Gasteiger partial charge is 0.315 e. The number of tetrazole rings is 1. The van der Waals surface area contributed by atoms with E-state index in [1.54, 1.807) is 9.58 Å². The maximum Gasteiger partial charge on any atom is 0.229 e. The molecule has 0 spiro atoms. The van der Waals surface area contributed by atoms with Gasteiger partial charge in [-0.15, -0.1) is 5.10 Å². The monoisotopic (exact) mass is 285 g/mol. The third kappa shape index (κ3) is 2.79. The van der Waals surface area contributed by atoms with Crippen LogP contribution in [0.3, 0.4) is 0 Å². The number of anilines is 1. The molecule has 2 heterocycles. The molecule has 1 aromatic carbocycles. The van der Waals surface area contributed by atoms with E-state index in [9.17, 15) is 4.79 Å². The zero-order valence-electron chi connectivity index (χ0n) is 12.4. The van der Waals surface area contributed by atoms with Crippen molar-refractivity contribution in [3.63, 3.8) is 0 Å². The molecule has 0 saturated carbocycles. The Labute approximate surface area is 123 Å². The summed E-state index contributed by atoms with van der Waals surface area (Å²) >= 11 is 0. The molecule has 21 heavy (non-hydrogen) atoms. The first-order valence-electron chi connectivity index (χ1n) is 7.24. The number of benzene rings is 1. The van der Waals surface area contributed by atoms with Crippen molar-refractivity contribution in [2.45, 2.75) is 32.7 Å². The quantitative estimate of drug-likeness (QED) is 0.840. The normalized spacial score (nSPS) is 17.9. The lowest BCUT2D eigenvalue weighted by molar-refractivity contribution is -0.122. The van der Waals surface area contributed by atoms with Crippen LogP contribution in [-0.2, 0) is 17.8 Å². The Kier molecular flexibility index (Phi) is 3.68. The Hall–Kier alpha value is -2.24. The molecule has 0 N–H and O–H groups in total. The second-order valence-corrected chi connectivity index (χ2v) is 5.58. The molecule has 6 heteroatoms. The number of rotatable bonds is 2. The van der Waals surface area contributed by atoms with Crippen LogP contribution in [-0.4, -0.2) is 33.2 Å². The van der Waals surface area contributed by atoms with E-state index in [0.717, 1.165) is 36.3 Å². The molecule has 0 unspecified atom stereocenters. The molecule has 1 aromatic heterocycles. The Morgan fingerprint density at radius 1 is 1.38 bits per heavy atom. The van der Waals surface area contributed by atoms with Gasteiger partial charge in [0.2, 0.25) is 5.91 Å². The third-order valence-electron chi connectivity index (χ3n) is 4.08. The molecule has 3 rings (SSSR count). The Balaban J connectivity index is 1.72. The Morgan fingerprint density at radius 2 is 2.24 bits per heavy atom. The topological polar surface area (TPSA) is 63.9 Å². The number of carbonyl (C=O) groups excluding carboxylic acids is 1. The van der Waals surface area contributed by atoms with E-state index in [2.05, 4.69) is 15.5 Å². The van der Waals surface area contributed by atoms with Gasteiger partial charge >= 0.3 is 0 Å². The fourth-order valence-electron chi connectivity index (χ4n) is 2.79. The highest BCUT2D eigenvalue weighted by atomic mass is 16.2. The fraction of sp³-hybridized carbons (Fsp3) is 0.467. The molecule has 2 aromatic rings. The van der Waals surface area contributed by atoms with Gasteiger partial charge < -0.3 is 4.90 Å². The molecule has 1 amide bonds. The summed E-state index contributed by atoms with van der Waals surface area (Å²) in [5, 5.41) is 11.6. The average Bonchev–Trinajstić information content (AvgIpc) is 2.84. The van der Waals surface area contributed by atoms with Gasteiger partial charge in [0.05, 0.1) is 0 Å². The first-order valence-corrected chi connectivity index (χ1v) is 7.24. The highest BCUT2D eigenvalue weighted by Gasteiger charge is 2.26. The van der Waals surface area contributed by atoms with Gasteiger partial charge in [0.1, 0.15) is 0 Å². The minimum atomic E-state index is 0.0130. The predicted octanol–water partition coefficient (Wildman–Crippen LogP) is 1.60. The van der Waals surface area contributed by atoms with Gasteiger partial charge in [0.25, 0.3) is 0 Å². The van der Waals surface area contributed by atoms with Crippen molar-refractivity contribution in [3.05, 3.63) is 35.7 Å². The van der Waals surface area contributed by atoms with Crippen LogP contribution in [0.25, 0.3) is 0 Å². The van der Waals surface area contributed by atoms with E-state index in [1.807, 2.05) is 38.2 Å². The molecule has 1 atom stereocenters. The Morgan fingerprint density at radius 3 is 3.05 bits per heavy atom. The molecule has 0 aliphatic carbocycles. The summed E-state index contributed by atoms with van der Waals surface area (Å²) < 4.78 is 1.81. The van der Waals surface area contributed by atoms with E-state index < -0.39 is 0 Å². The van der Waals surface area contributed by atoms with Gasteiger partial charge in [-0.25, -0.2) is 4.68 Å². The van der Waals surface area contributed by atoms with Crippen molar-refractivity contribution in [1.82, 2.24) is 20.2 Å². The summed E-state index contributed by atoms with van der Waals surface area (Å²) in [5.74, 6) is 1.06. The third-order valence-corrected chi connectivity index (χ3v) is 4.08. The molecular weight excluding hydrogens is 266 g/mol. The lowest BCUT2D eigenvalue weighted by Crippen LogP contribution is -2.33. The molecule has 0 fully saturated rings. The summed E-state index contributed by atoms with van der Waals surface area (Å²) in [6, 6.07) is 8.01. The second-order valence-electron chi connectivity index (χ2n) is 5.58. The van der Waals surface area contributed by atoms with Crippen molar-refractivity contribution in [2.24, 2.45) is 5.92 Å². The minimum absolute atomic E-state index is 0.0130. The molecule has 0 bridgehead atoms. The first-order chi connectivity index (χ1) is 10.1. The molecule has 0 radical (unpaired) electrons. The van der Waals surface area contributed by atoms with Gasteiger partial charge in [-0.3, -0.25) is 4.79 Å². The van der Waals surface area contributed by atoms with Crippen LogP contribution in [0.2, 0.25) is 0 Å². The van der Waals surface area contributed by atoms with E-state index >= 15 is 0 Å². The minimum Gasteiger partial charge on any atom is -0.315 e. The van der Waals surface area contributed by atoms with Crippen LogP contribution in [0.4, 0.5) is 5.69 Å². The number of aromatic nitrogens is 4. The smallest absolute Gasteiger partial charge is 0.229 e. The van der Waals surface area contributed by atoms with E-state index in [1.165, 1.54) is 0 Å². The standard InChI is InChI=1S/C15H19N5O/c1-11-4-3-5-13(10-11)19(2)15(21)12-6-7-14-16-17-18-20(14)9-8-12/h3-5,10,12H,6-9H2,1-2H3/t12-/m0/s1. The molecule has 6 nitrogen and oxygen atoms in total. The van der Waals surface area contributed by atoms with Crippen molar-refractivity contribution >= 4 is 11.6 Å². The zero-order valence-corrected chi connectivity index (χ0v) is 12.4. The highest BCUT2D eigenvalue weighted by molar-refractivity contribution is 5.94. The summed E-state index contributed by atoms with van der Waals surface area (Å²) in [6.07, 6.45) is 2.34. The summed E-state index contributed by atoms with van der Waals surface area (Å²) in [7, 11) is 1.85.